The lowest BCUT2D eigenvalue weighted by Gasteiger charge is -2.12. The summed E-state index contributed by atoms with van der Waals surface area (Å²) in [4.78, 5) is 4.56. The van der Waals surface area contributed by atoms with Gasteiger partial charge in [-0.05, 0) is 25.5 Å². The number of pyridine rings is 1. The van der Waals surface area contributed by atoms with Crippen LogP contribution in [-0.2, 0) is 11.3 Å². The highest BCUT2D eigenvalue weighted by atomic mass is 16.5. The van der Waals surface area contributed by atoms with Gasteiger partial charge in [-0.1, -0.05) is 26.2 Å². The summed E-state index contributed by atoms with van der Waals surface area (Å²) in [7, 11) is 1.71. The Hall–Kier alpha value is -1.13. The van der Waals surface area contributed by atoms with E-state index in [1.807, 2.05) is 19.1 Å². The Labute approximate surface area is 122 Å². The van der Waals surface area contributed by atoms with E-state index in [1.54, 1.807) is 7.11 Å². The molecule has 1 aromatic rings. The third-order valence-corrected chi connectivity index (χ3v) is 3.10. The molecule has 0 bridgehead atoms. The number of rotatable bonds is 11. The van der Waals surface area contributed by atoms with Crippen LogP contribution in [0.1, 0.15) is 44.0 Å². The highest BCUT2D eigenvalue weighted by molar-refractivity contribution is 5.29. The Bertz CT molecular complexity index is 369. The lowest BCUT2D eigenvalue weighted by atomic mass is 10.2. The topological polar surface area (TPSA) is 43.4 Å². The van der Waals surface area contributed by atoms with Crippen molar-refractivity contribution in [3.63, 3.8) is 0 Å². The second-order valence-corrected chi connectivity index (χ2v) is 4.98. The summed E-state index contributed by atoms with van der Waals surface area (Å²) in [6.45, 7) is 7.24. The molecule has 0 aliphatic heterocycles. The minimum atomic E-state index is 0.707. The third kappa shape index (κ3) is 6.87. The van der Waals surface area contributed by atoms with Crippen LogP contribution in [0.15, 0.2) is 12.1 Å². The molecule has 1 rings (SSSR count). The van der Waals surface area contributed by atoms with E-state index in [9.17, 15) is 0 Å². The van der Waals surface area contributed by atoms with Gasteiger partial charge in [0, 0.05) is 25.9 Å². The van der Waals surface area contributed by atoms with Crippen molar-refractivity contribution in [2.75, 3.05) is 26.9 Å². The Kier molecular flexibility index (Phi) is 9.00. The minimum absolute atomic E-state index is 0.707. The van der Waals surface area contributed by atoms with E-state index in [-0.39, 0.29) is 0 Å². The number of methoxy groups -OCH3 is 1. The summed E-state index contributed by atoms with van der Waals surface area (Å²) in [5.74, 6) is 0.900. The summed E-state index contributed by atoms with van der Waals surface area (Å²) in [5, 5.41) is 3.31. The molecule has 0 saturated heterocycles. The van der Waals surface area contributed by atoms with Gasteiger partial charge >= 0.3 is 0 Å². The number of nitrogens with one attached hydrogen (secondary N) is 1. The predicted octanol–water partition coefficient (Wildman–Crippen LogP) is 3.09. The highest BCUT2D eigenvalue weighted by Gasteiger charge is 2.05. The second kappa shape index (κ2) is 10.6. The van der Waals surface area contributed by atoms with E-state index in [4.69, 9.17) is 9.47 Å². The standard InChI is InChI=1S/C16H28N2O2/c1-4-5-6-7-11-20-16-9-8-14(2)18-15(16)13-17-10-12-19-3/h8-9,17H,4-7,10-13H2,1-3H3. The van der Waals surface area contributed by atoms with Gasteiger partial charge in [-0.2, -0.15) is 0 Å². The molecule has 0 aliphatic carbocycles. The number of ether oxygens (including phenoxy) is 2. The zero-order valence-corrected chi connectivity index (χ0v) is 13.1. The first-order chi connectivity index (χ1) is 9.77. The largest absolute Gasteiger partial charge is 0.492 e. The van der Waals surface area contributed by atoms with Crippen LogP contribution in [-0.4, -0.2) is 31.9 Å². The van der Waals surface area contributed by atoms with Crippen LogP contribution in [0.5, 0.6) is 5.75 Å². The molecule has 0 aliphatic rings. The molecule has 20 heavy (non-hydrogen) atoms. The van der Waals surface area contributed by atoms with Gasteiger partial charge in [0.1, 0.15) is 5.75 Å². The first kappa shape index (κ1) is 16.9. The highest BCUT2D eigenvalue weighted by Crippen LogP contribution is 2.17. The first-order valence-electron chi connectivity index (χ1n) is 7.57. The van der Waals surface area contributed by atoms with Gasteiger partial charge in [0.15, 0.2) is 0 Å². The normalized spacial score (nSPS) is 10.8. The van der Waals surface area contributed by atoms with Crippen LogP contribution >= 0.6 is 0 Å². The van der Waals surface area contributed by atoms with E-state index in [1.165, 1.54) is 19.3 Å². The minimum Gasteiger partial charge on any atom is -0.492 e. The van der Waals surface area contributed by atoms with Crippen LogP contribution in [0.3, 0.4) is 0 Å². The Morgan fingerprint density at radius 2 is 2.00 bits per heavy atom. The monoisotopic (exact) mass is 280 g/mol. The molecule has 1 aromatic heterocycles. The SMILES string of the molecule is CCCCCCOc1ccc(C)nc1CNCCOC. The Morgan fingerprint density at radius 1 is 1.15 bits per heavy atom. The van der Waals surface area contributed by atoms with Crippen LogP contribution in [0.2, 0.25) is 0 Å². The number of hydrogen-bond acceptors (Lipinski definition) is 4. The van der Waals surface area contributed by atoms with Gasteiger partial charge in [0.05, 0.1) is 18.9 Å². The van der Waals surface area contributed by atoms with Gasteiger partial charge in [-0.3, -0.25) is 4.98 Å². The van der Waals surface area contributed by atoms with E-state index in [0.717, 1.165) is 43.3 Å². The lowest BCUT2D eigenvalue weighted by molar-refractivity contribution is 0.199. The molecule has 1 heterocycles. The Morgan fingerprint density at radius 3 is 2.75 bits per heavy atom. The molecule has 0 radical (unpaired) electrons. The summed E-state index contributed by atoms with van der Waals surface area (Å²) >= 11 is 0. The maximum atomic E-state index is 5.86. The van der Waals surface area contributed by atoms with Crippen molar-refractivity contribution in [2.24, 2.45) is 0 Å². The van der Waals surface area contributed by atoms with Crippen molar-refractivity contribution < 1.29 is 9.47 Å². The van der Waals surface area contributed by atoms with Crippen molar-refractivity contribution in [1.29, 1.82) is 0 Å². The van der Waals surface area contributed by atoms with Gasteiger partial charge in [0.25, 0.3) is 0 Å². The van der Waals surface area contributed by atoms with Crippen molar-refractivity contribution in [2.45, 2.75) is 46.1 Å². The summed E-state index contributed by atoms with van der Waals surface area (Å²) in [5.41, 5.74) is 2.00. The smallest absolute Gasteiger partial charge is 0.142 e. The maximum Gasteiger partial charge on any atom is 0.142 e. The van der Waals surface area contributed by atoms with Gasteiger partial charge in [-0.15, -0.1) is 0 Å². The molecule has 0 spiro atoms. The molecule has 4 nitrogen and oxygen atoms in total. The van der Waals surface area contributed by atoms with E-state index >= 15 is 0 Å². The van der Waals surface area contributed by atoms with Crippen molar-refractivity contribution in [3.8, 4) is 5.75 Å². The fraction of sp³-hybridized carbons (Fsp3) is 0.688. The summed E-state index contributed by atoms with van der Waals surface area (Å²) in [6, 6.07) is 4.02. The predicted molar refractivity (Wildman–Crippen MR) is 82.2 cm³/mol. The van der Waals surface area contributed by atoms with Crippen LogP contribution in [0, 0.1) is 6.92 Å². The fourth-order valence-electron chi connectivity index (χ4n) is 1.95. The van der Waals surface area contributed by atoms with E-state index in [2.05, 4.69) is 17.2 Å². The van der Waals surface area contributed by atoms with Crippen molar-refractivity contribution in [1.82, 2.24) is 10.3 Å². The van der Waals surface area contributed by atoms with Crippen LogP contribution in [0.25, 0.3) is 0 Å². The quantitative estimate of drug-likeness (QED) is 0.633. The molecule has 0 amide bonds. The molecule has 1 N–H and O–H groups in total. The molecule has 0 aromatic carbocycles. The number of aryl methyl sites for hydroxylation is 1. The molecular weight excluding hydrogens is 252 g/mol. The summed E-state index contributed by atoms with van der Waals surface area (Å²) < 4.78 is 10.9. The molecule has 0 fully saturated rings. The molecule has 0 unspecified atom stereocenters. The van der Waals surface area contributed by atoms with Gasteiger partial charge < -0.3 is 14.8 Å². The molecule has 4 heteroatoms. The fourth-order valence-corrected chi connectivity index (χ4v) is 1.95. The number of aromatic nitrogens is 1. The van der Waals surface area contributed by atoms with Gasteiger partial charge in [0.2, 0.25) is 0 Å². The van der Waals surface area contributed by atoms with Gasteiger partial charge in [-0.25, -0.2) is 0 Å². The van der Waals surface area contributed by atoms with E-state index < -0.39 is 0 Å². The van der Waals surface area contributed by atoms with Crippen LogP contribution < -0.4 is 10.1 Å². The average molecular weight is 280 g/mol. The maximum absolute atomic E-state index is 5.86. The molecule has 0 saturated carbocycles. The van der Waals surface area contributed by atoms with Crippen molar-refractivity contribution >= 4 is 0 Å². The van der Waals surface area contributed by atoms with Crippen LogP contribution in [0.4, 0.5) is 0 Å². The zero-order valence-electron chi connectivity index (χ0n) is 13.1. The molecular formula is C16H28N2O2. The second-order valence-electron chi connectivity index (χ2n) is 4.98. The third-order valence-electron chi connectivity index (χ3n) is 3.10. The Balaban J connectivity index is 2.42. The number of nitrogens with zero attached hydrogens (tertiary/aromatic N) is 1. The van der Waals surface area contributed by atoms with Crippen molar-refractivity contribution in [3.05, 3.63) is 23.5 Å². The first-order valence-corrected chi connectivity index (χ1v) is 7.57. The molecule has 114 valence electrons. The zero-order chi connectivity index (χ0) is 14.6. The lowest BCUT2D eigenvalue weighted by Crippen LogP contribution is -2.20. The number of hydrogen-bond donors (Lipinski definition) is 1. The summed E-state index contributed by atoms with van der Waals surface area (Å²) in [6.07, 6.45) is 4.87. The average Bonchev–Trinajstić information content (AvgIpc) is 2.45. The molecule has 0 atom stereocenters. The van der Waals surface area contributed by atoms with E-state index in [0.29, 0.717) is 6.61 Å². The number of unbranched alkanes of at least 4 members (excludes halogenated alkanes) is 3.